The molecule has 1 atom stereocenters. The molecule has 6 nitrogen and oxygen atoms in total. The van der Waals surface area contributed by atoms with E-state index in [1.54, 1.807) is 29.2 Å². The molecule has 1 aromatic carbocycles. The lowest BCUT2D eigenvalue weighted by Gasteiger charge is -2.31. The summed E-state index contributed by atoms with van der Waals surface area (Å²) in [6, 6.07) is 8.44. The van der Waals surface area contributed by atoms with Crippen LogP contribution in [-0.4, -0.2) is 41.8 Å². The number of hydrogen-bond acceptors (Lipinski definition) is 4. The number of anilines is 1. The molecule has 2 N–H and O–H groups in total. The highest BCUT2D eigenvalue weighted by atomic mass is 35.5. The second-order valence-corrected chi connectivity index (χ2v) is 8.73. The molecule has 29 heavy (non-hydrogen) atoms. The first kappa shape index (κ1) is 21.3. The van der Waals surface area contributed by atoms with Gasteiger partial charge in [-0.3, -0.25) is 14.4 Å². The van der Waals surface area contributed by atoms with E-state index in [-0.39, 0.29) is 29.7 Å². The number of likely N-dealkylation sites (tertiary alicyclic amines) is 1. The summed E-state index contributed by atoms with van der Waals surface area (Å²) in [7, 11) is 0. The number of amides is 3. The summed E-state index contributed by atoms with van der Waals surface area (Å²) in [5, 5.41) is 7.88. The fourth-order valence-corrected chi connectivity index (χ4v) is 4.13. The first-order valence-electron chi connectivity index (χ1n) is 9.59. The van der Waals surface area contributed by atoms with Crippen LogP contribution in [0.4, 0.5) is 5.69 Å². The second-order valence-electron chi connectivity index (χ2n) is 7.38. The van der Waals surface area contributed by atoms with Crippen LogP contribution in [0.2, 0.25) is 5.02 Å². The van der Waals surface area contributed by atoms with E-state index in [0.717, 1.165) is 6.42 Å². The first-order valence-corrected chi connectivity index (χ1v) is 10.8. The molecule has 0 radical (unpaired) electrons. The normalized spacial score (nSPS) is 16.6. The van der Waals surface area contributed by atoms with Crippen molar-refractivity contribution in [2.45, 2.75) is 32.7 Å². The van der Waals surface area contributed by atoms with Crippen LogP contribution in [0, 0.1) is 5.92 Å². The Hall–Kier alpha value is -2.38. The van der Waals surface area contributed by atoms with Crippen LogP contribution in [0.25, 0.3) is 0 Å². The highest BCUT2D eigenvalue weighted by molar-refractivity contribution is 7.12. The molecule has 0 saturated carbocycles. The fourth-order valence-electron chi connectivity index (χ4n) is 3.27. The predicted molar refractivity (Wildman–Crippen MR) is 116 cm³/mol. The lowest BCUT2D eigenvalue weighted by Crippen LogP contribution is -2.43. The lowest BCUT2D eigenvalue weighted by atomic mass is 9.96. The van der Waals surface area contributed by atoms with Crippen LogP contribution in [0.5, 0.6) is 0 Å². The molecule has 1 aromatic heterocycles. The maximum Gasteiger partial charge on any atom is 0.263 e. The van der Waals surface area contributed by atoms with Crippen molar-refractivity contribution >= 4 is 46.3 Å². The molecule has 2 heterocycles. The summed E-state index contributed by atoms with van der Waals surface area (Å²) in [4.78, 5) is 40.1. The number of halogens is 1. The maximum absolute atomic E-state index is 12.8. The Morgan fingerprint density at radius 2 is 2.03 bits per heavy atom. The van der Waals surface area contributed by atoms with Crippen LogP contribution in [0.3, 0.4) is 0 Å². The zero-order valence-electron chi connectivity index (χ0n) is 16.4. The van der Waals surface area contributed by atoms with Gasteiger partial charge in [0.2, 0.25) is 5.91 Å². The summed E-state index contributed by atoms with van der Waals surface area (Å²) in [5.41, 5.74) is 0.825. The van der Waals surface area contributed by atoms with Gasteiger partial charge in [0.25, 0.3) is 11.8 Å². The zero-order chi connectivity index (χ0) is 21.0. The van der Waals surface area contributed by atoms with Crippen molar-refractivity contribution in [1.82, 2.24) is 10.2 Å². The number of hydrogen-bond donors (Lipinski definition) is 2. The smallest absolute Gasteiger partial charge is 0.263 e. The van der Waals surface area contributed by atoms with Gasteiger partial charge in [-0.05, 0) is 56.3 Å². The number of carbonyl (C=O) groups is 3. The van der Waals surface area contributed by atoms with Crippen molar-refractivity contribution in [2.24, 2.45) is 5.92 Å². The van der Waals surface area contributed by atoms with E-state index in [1.807, 2.05) is 25.3 Å². The van der Waals surface area contributed by atoms with Crippen molar-refractivity contribution in [2.75, 3.05) is 18.4 Å². The number of piperidine rings is 1. The SMILES string of the molecule is CC(C)NC(=O)c1ccc(Cl)c(NC(=O)C2CCCN(C(=O)c3cccs3)C2)c1. The molecule has 0 spiro atoms. The molecular formula is C21H24ClN3O3S. The Labute approximate surface area is 179 Å². The number of benzene rings is 1. The fraction of sp³-hybridized carbons (Fsp3) is 0.381. The minimum Gasteiger partial charge on any atom is -0.350 e. The topological polar surface area (TPSA) is 78.5 Å². The highest BCUT2D eigenvalue weighted by Gasteiger charge is 2.29. The monoisotopic (exact) mass is 433 g/mol. The molecule has 3 amide bonds. The van der Waals surface area contributed by atoms with Gasteiger partial charge in [-0.15, -0.1) is 11.3 Å². The number of thiophene rings is 1. The number of nitrogens with zero attached hydrogens (tertiary/aromatic N) is 1. The Morgan fingerprint density at radius 3 is 2.72 bits per heavy atom. The van der Waals surface area contributed by atoms with Crippen LogP contribution in [0.1, 0.15) is 46.7 Å². The summed E-state index contributed by atoms with van der Waals surface area (Å²) < 4.78 is 0. The van der Waals surface area contributed by atoms with Gasteiger partial charge < -0.3 is 15.5 Å². The molecule has 1 unspecified atom stereocenters. The third kappa shape index (κ3) is 5.36. The zero-order valence-corrected chi connectivity index (χ0v) is 18.0. The molecule has 3 rings (SSSR count). The van der Waals surface area contributed by atoms with Gasteiger partial charge in [-0.25, -0.2) is 0 Å². The molecule has 1 fully saturated rings. The van der Waals surface area contributed by atoms with E-state index in [4.69, 9.17) is 11.6 Å². The standard InChI is InChI=1S/C21H24ClN3O3S/c1-13(2)23-19(26)14-7-8-16(22)17(11-14)24-20(27)15-5-3-9-25(12-15)21(28)18-6-4-10-29-18/h4,6-8,10-11,13,15H,3,5,9,12H2,1-2H3,(H,23,26)(H,24,27). The quantitative estimate of drug-likeness (QED) is 0.747. The van der Waals surface area contributed by atoms with Gasteiger partial charge in [0.05, 0.1) is 21.5 Å². The molecule has 2 aromatic rings. The number of nitrogens with one attached hydrogen (secondary N) is 2. The van der Waals surface area contributed by atoms with Crippen LogP contribution in [0.15, 0.2) is 35.7 Å². The van der Waals surface area contributed by atoms with Crippen molar-refractivity contribution in [3.05, 3.63) is 51.2 Å². The van der Waals surface area contributed by atoms with Crippen molar-refractivity contribution < 1.29 is 14.4 Å². The molecule has 1 saturated heterocycles. The third-order valence-corrected chi connectivity index (χ3v) is 5.90. The lowest BCUT2D eigenvalue weighted by molar-refractivity contribution is -0.121. The van der Waals surface area contributed by atoms with Crippen molar-refractivity contribution in [3.63, 3.8) is 0 Å². The largest absolute Gasteiger partial charge is 0.350 e. The Balaban J connectivity index is 1.68. The third-order valence-electron chi connectivity index (χ3n) is 4.72. The average Bonchev–Trinajstić information content (AvgIpc) is 3.23. The summed E-state index contributed by atoms with van der Waals surface area (Å²) >= 11 is 7.63. The van der Waals surface area contributed by atoms with Gasteiger partial charge in [-0.2, -0.15) is 0 Å². The minimum absolute atomic E-state index is 0.00493. The number of carbonyl (C=O) groups excluding carboxylic acids is 3. The highest BCUT2D eigenvalue weighted by Crippen LogP contribution is 2.26. The van der Waals surface area contributed by atoms with Gasteiger partial charge >= 0.3 is 0 Å². The molecule has 154 valence electrons. The van der Waals surface area contributed by atoms with Gasteiger partial charge in [0, 0.05) is 24.7 Å². The van der Waals surface area contributed by atoms with E-state index in [9.17, 15) is 14.4 Å². The summed E-state index contributed by atoms with van der Waals surface area (Å²) in [6.45, 7) is 4.77. The van der Waals surface area contributed by atoms with E-state index in [1.165, 1.54) is 11.3 Å². The Morgan fingerprint density at radius 1 is 1.24 bits per heavy atom. The molecular weight excluding hydrogens is 410 g/mol. The molecule has 8 heteroatoms. The van der Waals surface area contributed by atoms with E-state index in [2.05, 4.69) is 10.6 Å². The van der Waals surface area contributed by atoms with Crippen LogP contribution < -0.4 is 10.6 Å². The van der Waals surface area contributed by atoms with Gasteiger partial charge in [0.15, 0.2) is 0 Å². The van der Waals surface area contributed by atoms with Crippen LogP contribution >= 0.6 is 22.9 Å². The number of rotatable bonds is 5. The second kappa shape index (κ2) is 9.41. The van der Waals surface area contributed by atoms with Gasteiger partial charge in [-0.1, -0.05) is 17.7 Å². The Kier molecular flexibility index (Phi) is 6.92. The predicted octanol–water partition coefficient (Wildman–Crippen LogP) is 4.03. The van der Waals surface area contributed by atoms with E-state index in [0.29, 0.717) is 40.7 Å². The summed E-state index contributed by atoms with van der Waals surface area (Å²) in [6.07, 6.45) is 1.46. The first-order chi connectivity index (χ1) is 13.8. The van der Waals surface area contributed by atoms with Crippen molar-refractivity contribution in [1.29, 1.82) is 0 Å². The average molecular weight is 434 g/mol. The van der Waals surface area contributed by atoms with E-state index < -0.39 is 0 Å². The molecule has 1 aliphatic heterocycles. The Bertz CT molecular complexity index is 899. The van der Waals surface area contributed by atoms with Crippen molar-refractivity contribution in [3.8, 4) is 0 Å². The summed E-state index contributed by atoms with van der Waals surface area (Å²) in [5.74, 6) is -0.783. The van der Waals surface area contributed by atoms with Gasteiger partial charge in [0.1, 0.15) is 0 Å². The minimum atomic E-state index is -0.322. The molecule has 1 aliphatic rings. The maximum atomic E-state index is 12.8. The van der Waals surface area contributed by atoms with Crippen LogP contribution in [-0.2, 0) is 4.79 Å². The molecule has 0 bridgehead atoms. The molecule has 0 aliphatic carbocycles. The van der Waals surface area contributed by atoms with E-state index >= 15 is 0 Å².